The molecule has 0 aromatic carbocycles. The fourth-order valence-electron chi connectivity index (χ4n) is 2.07. The molecule has 9 heteroatoms. The molecule has 128 valence electrons. The molecular formula is C14H23N5O4. The molecule has 0 radical (unpaired) electrons. The SMILES string of the molecule is COc1nc(OC)nc(N2CCN(C(=O)OC(C)(C)C)CC2)n1. The molecule has 23 heavy (non-hydrogen) atoms. The second-order valence-electron chi connectivity index (χ2n) is 6.06. The van der Waals surface area contributed by atoms with E-state index < -0.39 is 5.60 Å². The van der Waals surface area contributed by atoms with Crippen molar-refractivity contribution in [2.24, 2.45) is 0 Å². The summed E-state index contributed by atoms with van der Waals surface area (Å²) in [6, 6.07) is 0.392. The quantitative estimate of drug-likeness (QED) is 0.811. The maximum atomic E-state index is 12.1. The third kappa shape index (κ3) is 4.57. The Labute approximate surface area is 135 Å². The predicted molar refractivity (Wildman–Crippen MR) is 83.0 cm³/mol. The zero-order chi connectivity index (χ0) is 17.0. The second-order valence-corrected chi connectivity index (χ2v) is 6.06. The lowest BCUT2D eigenvalue weighted by Gasteiger charge is -2.35. The Morgan fingerprint density at radius 2 is 1.48 bits per heavy atom. The van der Waals surface area contributed by atoms with Crippen molar-refractivity contribution in [2.75, 3.05) is 45.3 Å². The molecule has 0 saturated carbocycles. The van der Waals surface area contributed by atoms with E-state index in [-0.39, 0.29) is 18.1 Å². The van der Waals surface area contributed by atoms with E-state index >= 15 is 0 Å². The van der Waals surface area contributed by atoms with Crippen LogP contribution in [0.4, 0.5) is 10.7 Å². The first-order valence-electron chi connectivity index (χ1n) is 7.39. The number of hydrogen-bond donors (Lipinski definition) is 0. The van der Waals surface area contributed by atoms with Crippen molar-refractivity contribution in [3.8, 4) is 12.0 Å². The van der Waals surface area contributed by atoms with Crippen LogP contribution in [0.3, 0.4) is 0 Å². The Morgan fingerprint density at radius 1 is 0.957 bits per heavy atom. The van der Waals surface area contributed by atoms with Crippen LogP contribution >= 0.6 is 0 Å². The molecule has 0 atom stereocenters. The molecule has 0 N–H and O–H groups in total. The summed E-state index contributed by atoms with van der Waals surface area (Å²) in [5.41, 5.74) is -0.497. The van der Waals surface area contributed by atoms with Crippen molar-refractivity contribution in [1.29, 1.82) is 0 Å². The molecule has 0 aliphatic carbocycles. The monoisotopic (exact) mass is 325 g/mol. The first kappa shape index (κ1) is 17.0. The number of hydrogen-bond acceptors (Lipinski definition) is 8. The van der Waals surface area contributed by atoms with E-state index in [1.807, 2.05) is 25.7 Å². The molecule has 0 unspecified atom stereocenters. The highest BCUT2D eigenvalue weighted by Gasteiger charge is 2.27. The lowest BCUT2D eigenvalue weighted by Crippen LogP contribution is -2.50. The van der Waals surface area contributed by atoms with Crippen LogP contribution in [0.25, 0.3) is 0 Å². The van der Waals surface area contributed by atoms with Gasteiger partial charge in [0.15, 0.2) is 0 Å². The first-order valence-corrected chi connectivity index (χ1v) is 7.39. The normalized spacial score (nSPS) is 15.3. The van der Waals surface area contributed by atoms with Gasteiger partial charge in [0, 0.05) is 26.2 Å². The summed E-state index contributed by atoms with van der Waals surface area (Å²) in [7, 11) is 2.97. The number of amides is 1. The van der Waals surface area contributed by atoms with E-state index in [9.17, 15) is 4.79 Å². The van der Waals surface area contributed by atoms with Crippen LogP contribution in [0, 0.1) is 0 Å². The smallest absolute Gasteiger partial charge is 0.410 e. The largest absolute Gasteiger partial charge is 0.467 e. The fourth-order valence-corrected chi connectivity index (χ4v) is 2.07. The highest BCUT2D eigenvalue weighted by atomic mass is 16.6. The van der Waals surface area contributed by atoms with Crippen molar-refractivity contribution < 1.29 is 19.0 Å². The van der Waals surface area contributed by atoms with Crippen LogP contribution in [-0.2, 0) is 4.74 Å². The van der Waals surface area contributed by atoms with Gasteiger partial charge in [-0.2, -0.15) is 9.97 Å². The molecule has 2 heterocycles. The van der Waals surface area contributed by atoms with Crippen LogP contribution in [0.15, 0.2) is 0 Å². The molecule has 1 aromatic rings. The number of methoxy groups -OCH3 is 2. The van der Waals surface area contributed by atoms with Gasteiger partial charge in [-0.3, -0.25) is 0 Å². The molecule has 1 amide bonds. The number of carbonyl (C=O) groups excluding carboxylic acids is 1. The summed E-state index contributed by atoms with van der Waals surface area (Å²) in [6.45, 7) is 7.81. The first-order chi connectivity index (χ1) is 10.8. The molecule has 1 saturated heterocycles. The Balaban J connectivity index is 2.00. The zero-order valence-corrected chi connectivity index (χ0v) is 14.2. The van der Waals surface area contributed by atoms with Crippen LogP contribution in [0.2, 0.25) is 0 Å². The summed E-state index contributed by atoms with van der Waals surface area (Å²) >= 11 is 0. The maximum absolute atomic E-state index is 12.1. The van der Waals surface area contributed by atoms with E-state index in [1.54, 1.807) is 4.90 Å². The van der Waals surface area contributed by atoms with Gasteiger partial charge in [0.05, 0.1) is 14.2 Å². The van der Waals surface area contributed by atoms with Gasteiger partial charge in [0.1, 0.15) is 5.60 Å². The van der Waals surface area contributed by atoms with Gasteiger partial charge in [-0.25, -0.2) is 4.79 Å². The summed E-state index contributed by atoms with van der Waals surface area (Å²) in [5.74, 6) is 0.470. The van der Waals surface area contributed by atoms with E-state index in [2.05, 4.69) is 15.0 Å². The Hall–Kier alpha value is -2.32. The molecule has 1 aliphatic rings. The molecule has 1 fully saturated rings. The third-order valence-corrected chi connectivity index (χ3v) is 3.16. The fraction of sp³-hybridized carbons (Fsp3) is 0.714. The minimum absolute atomic E-state index is 0.196. The standard InChI is InChI=1S/C14H23N5O4/c1-14(2,3)23-13(20)19-8-6-18(7-9-19)10-15-11(21-4)17-12(16-10)22-5/h6-9H2,1-5H3. The molecular weight excluding hydrogens is 302 g/mol. The summed E-state index contributed by atoms with van der Waals surface area (Å²) in [5, 5.41) is 0. The van der Waals surface area contributed by atoms with Crippen LogP contribution in [0.5, 0.6) is 12.0 Å². The Morgan fingerprint density at radius 3 is 1.91 bits per heavy atom. The lowest BCUT2D eigenvalue weighted by molar-refractivity contribution is 0.0240. The number of aromatic nitrogens is 3. The van der Waals surface area contributed by atoms with Crippen molar-refractivity contribution in [1.82, 2.24) is 19.9 Å². The molecule has 9 nitrogen and oxygen atoms in total. The molecule has 2 rings (SSSR count). The number of piperazine rings is 1. The number of carbonyl (C=O) groups is 1. The van der Waals surface area contributed by atoms with Gasteiger partial charge in [-0.1, -0.05) is 0 Å². The summed E-state index contributed by atoms with van der Waals surface area (Å²) < 4.78 is 15.5. The van der Waals surface area contributed by atoms with Gasteiger partial charge < -0.3 is 24.0 Å². The van der Waals surface area contributed by atoms with Gasteiger partial charge in [0.2, 0.25) is 5.95 Å². The van der Waals surface area contributed by atoms with Crippen molar-refractivity contribution >= 4 is 12.0 Å². The van der Waals surface area contributed by atoms with Gasteiger partial charge >= 0.3 is 18.1 Å². The van der Waals surface area contributed by atoms with Crippen molar-refractivity contribution in [3.63, 3.8) is 0 Å². The highest BCUT2D eigenvalue weighted by Crippen LogP contribution is 2.18. The lowest BCUT2D eigenvalue weighted by atomic mass is 10.2. The average Bonchev–Trinajstić information content (AvgIpc) is 2.52. The van der Waals surface area contributed by atoms with Crippen LogP contribution in [0.1, 0.15) is 20.8 Å². The Bertz CT molecular complexity index is 530. The molecule has 1 aliphatic heterocycles. The number of ether oxygens (including phenoxy) is 3. The van der Waals surface area contributed by atoms with E-state index in [0.717, 1.165) is 0 Å². The minimum Gasteiger partial charge on any atom is -0.467 e. The third-order valence-electron chi connectivity index (χ3n) is 3.16. The van der Waals surface area contributed by atoms with Crippen molar-refractivity contribution in [3.05, 3.63) is 0 Å². The Kier molecular flexibility index (Phi) is 5.07. The van der Waals surface area contributed by atoms with E-state index in [1.165, 1.54) is 14.2 Å². The number of nitrogens with zero attached hydrogens (tertiary/aromatic N) is 5. The number of rotatable bonds is 3. The van der Waals surface area contributed by atoms with Gasteiger partial charge in [-0.15, -0.1) is 4.98 Å². The number of anilines is 1. The molecule has 1 aromatic heterocycles. The average molecular weight is 325 g/mol. The van der Waals surface area contributed by atoms with Crippen molar-refractivity contribution in [2.45, 2.75) is 26.4 Å². The predicted octanol–water partition coefficient (Wildman–Crippen LogP) is 0.946. The minimum atomic E-state index is -0.497. The maximum Gasteiger partial charge on any atom is 0.410 e. The van der Waals surface area contributed by atoms with Crippen LogP contribution < -0.4 is 14.4 Å². The van der Waals surface area contributed by atoms with E-state index in [4.69, 9.17) is 14.2 Å². The second kappa shape index (κ2) is 6.84. The van der Waals surface area contributed by atoms with E-state index in [0.29, 0.717) is 32.1 Å². The summed E-state index contributed by atoms with van der Waals surface area (Å²) in [4.78, 5) is 28.1. The summed E-state index contributed by atoms with van der Waals surface area (Å²) in [6.07, 6.45) is -0.303. The topological polar surface area (TPSA) is 89.9 Å². The molecule has 0 bridgehead atoms. The van der Waals surface area contributed by atoms with Gasteiger partial charge in [-0.05, 0) is 20.8 Å². The molecule has 0 spiro atoms. The van der Waals surface area contributed by atoms with Crippen LogP contribution in [-0.4, -0.2) is 71.9 Å². The van der Waals surface area contributed by atoms with Gasteiger partial charge in [0.25, 0.3) is 0 Å². The highest BCUT2D eigenvalue weighted by molar-refractivity contribution is 5.68. The zero-order valence-electron chi connectivity index (χ0n) is 14.2.